The first-order valence-corrected chi connectivity index (χ1v) is 7.48. The summed E-state index contributed by atoms with van der Waals surface area (Å²) < 4.78 is 21.2. The molecule has 3 heterocycles. The summed E-state index contributed by atoms with van der Waals surface area (Å²) in [5, 5.41) is 4.23. The first kappa shape index (κ1) is 13.4. The molecule has 1 aromatic carbocycles. The molecule has 1 atom stereocenters. The highest BCUT2D eigenvalue weighted by Crippen LogP contribution is 2.33. The predicted octanol–water partition coefficient (Wildman–Crippen LogP) is 3.89. The van der Waals surface area contributed by atoms with E-state index in [0.29, 0.717) is 17.0 Å². The lowest BCUT2D eigenvalue weighted by Gasteiger charge is -2.21. The van der Waals surface area contributed by atoms with Gasteiger partial charge in [0.25, 0.3) is 0 Å². The largest absolute Gasteiger partial charge is 0.452 e. The number of hydrogen-bond donors (Lipinski definition) is 0. The summed E-state index contributed by atoms with van der Waals surface area (Å²) in [6, 6.07) is 9.90. The molecule has 7 heteroatoms. The number of benzene rings is 1. The van der Waals surface area contributed by atoms with Gasteiger partial charge in [-0.3, -0.25) is 0 Å². The van der Waals surface area contributed by atoms with Crippen molar-refractivity contribution in [3.05, 3.63) is 64.5 Å². The summed E-state index contributed by atoms with van der Waals surface area (Å²) in [4.78, 5) is 8.69. The van der Waals surface area contributed by atoms with Crippen molar-refractivity contribution in [2.45, 2.75) is 12.5 Å². The molecule has 0 fully saturated rings. The molecule has 4 rings (SSSR count). The van der Waals surface area contributed by atoms with Crippen molar-refractivity contribution in [1.29, 1.82) is 0 Å². The Morgan fingerprint density at radius 3 is 2.73 bits per heavy atom. The maximum atomic E-state index is 13.1. The molecule has 0 aliphatic carbocycles. The Balaban J connectivity index is 1.78. The maximum Gasteiger partial charge on any atom is 0.248 e. The van der Waals surface area contributed by atoms with Gasteiger partial charge in [0, 0.05) is 6.42 Å². The van der Waals surface area contributed by atoms with Crippen molar-refractivity contribution in [2.75, 3.05) is 0 Å². The van der Waals surface area contributed by atoms with E-state index < -0.39 is 0 Å². The fourth-order valence-electron chi connectivity index (χ4n) is 2.53. The maximum absolute atomic E-state index is 13.1. The molecule has 3 aromatic rings. The first-order chi connectivity index (χ1) is 10.7. The molecule has 22 heavy (non-hydrogen) atoms. The number of nitrogens with zero attached hydrogens (tertiary/aromatic N) is 4. The van der Waals surface area contributed by atoms with Gasteiger partial charge < -0.3 is 4.42 Å². The topological polar surface area (TPSA) is 56.2 Å². The molecule has 0 spiro atoms. The van der Waals surface area contributed by atoms with E-state index in [-0.39, 0.29) is 11.9 Å². The second kappa shape index (κ2) is 5.17. The van der Waals surface area contributed by atoms with E-state index >= 15 is 0 Å². The van der Waals surface area contributed by atoms with E-state index in [1.807, 2.05) is 12.1 Å². The second-order valence-corrected chi connectivity index (χ2v) is 5.71. The SMILES string of the molecule is Fc1ccc(C2=Nc3ncnn3C(c3ccc(Br)o3)C2)cc1. The number of aliphatic imine (C=N–C) groups is 1. The van der Waals surface area contributed by atoms with E-state index in [1.165, 1.54) is 18.5 Å². The number of halogens is 2. The quantitative estimate of drug-likeness (QED) is 0.696. The van der Waals surface area contributed by atoms with Crippen LogP contribution >= 0.6 is 15.9 Å². The number of rotatable bonds is 2. The van der Waals surface area contributed by atoms with E-state index in [1.54, 1.807) is 16.8 Å². The third-order valence-corrected chi connectivity index (χ3v) is 4.00. The zero-order valence-electron chi connectivity index (χ0n) is 11.3. The minimum atomic E-state index is -0.269. The molecule has 1 aliphatic rings. The van der Waals surface area contributed by atoms with Crippen LogP contribution in [0.2, 0.25) is 0 Å². The van der Waals surface area contributed by atoms with Crippen LogP contribution in [0.15, 0.2) is 56.8 Å². The van der Waals surface area contributed by atoms with Gasteiger partial charge in [0.05, 0.1) is 5.71 Å². The lowest BCUT2D eigenvalue weighted by atomic mass is 10.00. The molecule has 0 saturated heterocycles. The van der Waals surface area contributed by atoms with Crippen LogP contribution in [0.25, 0.3) is 0 Å². The highest BCUT2D eigenvalue weighted by Gasteiger charge is 2.28. The van der Waals surface area contributed by atoms with Gasteiger partial charge in [-0.25, -0.2) is 14.1 Å². The molecule has 1 unspecified atom stereocenters. The molecule has 0 N–H and O–H groups in total. The third-order valence-electron chi connectivity index (χ3n) is 3.57. The van der Waals surface area contributed by atoms with Crippen molar-refractivity contribution < 1.29 is 8.81 Å². The number of fused-ring (bicyclic) bond motifs is 1. The monoisotopic (exact) mass is 360 g/mol. The lowest BCUT2D eigenvalue weighted by molar-refractivity contribution is 0.399. The smallest absolute Gasteiger partial charge is 0.248 e. The van der Waals surface area contributed by atoms with E-state index in [0.717, 1.165) is 17.0 Å². The lowest BCUT2D eigenvalue weighted by Crippen LogP contribution is -2.20. The van der Waals surface area contributed by atoms with Crippen LogP contribution < -0.4 is 0 Å². The van der Waals surface area contributed by atoms with Gasteiger partial charge in [0.2, 0.25) is 5.95 Å². The van der Waals surface area contributed by atoms with Crippen molar-refractivity contribution in [1.82, 2.24) is 14.8 Å². The van der Waals surface area contributed by atoms with Crippen LogP contribution in [0, 0.1) is 5.82 Å². The summed E-state index contributed by atoms with van der Waals surface area (Å²) in [5.74, 6) is 1.02. The normalized spacial score (nSPS) is 17.2. The highest BCUT2D eigenvalue weighted by molar-refractivity contribution is 9.10. The van der Waals surface area contributed by atoms with Gasteiger partial charge in [-0.15, -0.1) is 0 Å². The van der Waals surface area contributed by atoms with E-state index in [4.69, 9.17) is 4.42 Å². The summed E-state index contributed by atoms with van der Waals surface area (Å²) in [7, 11) is 0. The Hall–Kier alpha value is -2.28. The molecule has 1 aliphatic heterocycles. The van der Waals surface area contributed by atoms with Gasteiger partial charge in [0.15, 0.2) is 4.67 Å². The summed E-state index contributed by atoms with van der Waals surface area (Å²) in [5.41, 5.74) is 1.70. The van der Waals surface area contributed by atoms with Crippen LogP contribution in [0.3, 0.4) is 0 Å². The Bertz CT molecular complexity index is 853. The minimum absolute atomic E-state index is 0.124. The number of furan rings is 1. The van der Waals surface area contributed by atoms with Gasteiger partial charge in [-0.1, -0.05) is 12.1 Å². The van der Waals surface area contributed by atoms with Gasteiger partial charge in [-0.2, -0.15) is 10.1 Å². The van der Waals surface area contributed by atoms with Crippen molar-refractivity contribution >= 4 is 27.6 Å². The van der Waals surface area contributed by atoms with Crippen LogP contribution in [0.5, 0.6) is 0 Å². The summed E-state index contributed by atoms with van der Waals surface area (Å²) in [6.07, 6.45) is 2.07. The van der Waals surface area contributed by atoms with Crippen molar-refractivity contribution in [3.63, 3.8) is 0 Å². The molecule has 0 bridgehead atoms. The van der Waals surface area contributed by atoms with E-state index in [2.05, 4.69) is 31.0 Å². The van der Waals surface area contributed by atoms with Gasteiger partial charge >= 0.3 is 0 Å². The van der Waals surface area contributed by atoms with Crippen LogP contribution in [-0.4, -0.2) is 20.5 Å². The Kier molecular flexibility index (Phi) is 3.15. The molecular weight excluding hydrogens is 351 g/mol. The first-order valence-electron chi connectivity index (χ1n) is 6.69. The fraction of sp³-hybridized carbons (Fsp3) is 0.133. The third kappa shape index (κ3) is 2.27. The molecular formula is C15H10BrFN4O. The molecule has 110 valence electrons. The molecule has 2 aromatic heterocycles. The minimum Gasteiger partial charge on any atom is -0.452 e. The van der Waals surface area contributed by atoms with Crippen molar-refractivity contribution in [3.8, 4) is 0 Å². The Morgan fingerprint density at radius 1 is 1.18 bits per heavy atom. The van der Waals surface area contributed by atoms with Crippen LogP contribution in [0.4, 0.5) is 10.3 Å². The van der Waals surface area contributed by atoms with Crippen LogP contribution in [-0.2, 0) is 0 Å². The zero-order valence-corrected chi connectivity index (χ0v) is 12.9. The summed E-state index contributed by atoms with van der Waals surface area (Å²) >= 11 is 3.31. The predicted molar refractivity (Wildman–Crippen MR) is 81.8 cm³/mol. The van der Waals surface area contributed by atoms with Gasteiger partial charge in [-0.05, 0) is 45.8 Å². The summed E-state index contributed by atoms with van der Waals surface area (Å²) in [6.45, 7) is 0. The number of hydrogen-bond acceptors (Lipinski definition) is 4. The highest BCUT2D eigenvalue weighted by atomic mass is 79.9. The molecule has 0 saturated carbocycles. The Morgan fingerprint density at radius 2 is 2.00 bits per heavy atom. The number of aromatic nitrogens is 3. The second-order valence-electron chi connectivity index (χ2n) is 4.93. The average molecular weight is 361 g/mol. The van der Waals surface area contributed by atoms with E-state index in [9.17, 15) is 4.39 Å². The van der Waals surface area contributed by atoms with Gasteiger partial charge in [0.1, 0.15) is 23.9 Å². The molecule has 5 nitrogen and oxygen atoms in total. The molecule has 0 amide bonds. The zero-order chi connectivity index (χ0) is 15.1. The van der Waals surface area contributed by atoms with Crippen LogP contribution in [0.1, 0.15) is 23.8 Å². The standard InChI is InChI=1S/C15H10BrFN4O/c16-14-6-5-13(22-14)12-7-11(9-1-3-10(17)4-2-9)20-15-18-8-19-21(12)15/h1-6,8,12H,7H2. The average Bonchev–Trinajstić information content (AvgIpc) is 3.15. The fourth-order valence-corrected chi connectivity index (χ4v) is 2.85. The van der Waals surface area contributed by atoms with Crippen molar-refractivity contribution in [2.24, 2.45) is 4.99 Å². The molecule has 0 radical (unpaired) electrons. The Labute approximate surface area is 133 Å².